The Kier molecular flexibility index (Phi) is 8.39. The molecule has 2 aliphatic heterocycles. The lowest BCUT2D eigenvalue weighted by Crippen LogP contribution is -2.63. The number of hydrogen-bond acceptors (Lipinski definition) is 5. The van der Waals surface area contributed by atoms with Gasteiger partial charge in [-0.05, 0) is 79.1 Å². The van der Waals surface area contributed by atoms with Crippen LogP contribution in [0.3, 0.4) is 0 Å². The molecular weight excluding hydrogens is 599 g/mol. The second kappa shape index (κ2) is 12.3. The third-order valence-electron chi connectivity index (χ3n) is 9.23. The maximum atomic E-state index is 13.4. The Balaban J connectivity index is 1.10. The molecule has 1 spiro atoms. The van der Waals surface area contributed by atoms with Gasteiger partial charge in [0.1, 0.15) is 5.69 Å². The minimum Gasteiger partial charge on any atom is -0.465 e. The Morgan fingerprint density at radius 3 is 2.46 bits per heavy atom. The van der Waals surface area contributed by atoms with E-state index in [0.717, 1.165) is 75.2 Å². The molecule has 3 N–H and O–H groups in total. The Bertz CT molecular complexity index is 1630. The van der Waals surface area contributed by atoms with Crippen LogP contribution in [-0.2, 0) is 17.5 Å². The van der Waals surface area contributed by atoms with Gasteiger partial charge in [-0.1, -0.05) is 30.3 Å². The van der Waals surface area contributed by atoms with E-state index in [-0.39, 0.29) is 35.0 Å². The fraction of sp³-hybridized carbons (Fsp3) is 0.412. The fourth-order valence-electron chi connectivity index (χ4n) is 6.58. The molecule has 3 fully saturated rings. The van der Waals surface area contributed by atoms with Crippen LogP contribution in [0.5, 0.6) is 0 Å². The molecule has 12 heteroatoms. The molecule has 1 aliphatic carbocycles. The lowest BCUT2D eigenvalue weighted by molar-refractivity contribution is -0.138. The van der Waals surface area contributed by atoms with Gasteiger partial charge in [0.25, 0.3) is 5.91 Å². The lowest BCUT2D eigenvalue weighted by Gasteiger charge is -2.55. The molecule has 3 heterocycles. The van der Waals surface area contributed by atoms with E-state index in [2.05, 4.69) is 20.5 Å². The van der Waals surface area contributed by atoms with Crippen LogP contribution in [0.25, 0.3) is 11.1 Å². The number of pyridine rings is 1. The molecule has 46 heavy (non-hydrogen) atoms. The SMILES string of the molecule is C[C@@H](NC(=O)c1cc(N2CC3(CCCN(C(=O)C4CC4)C3)C2)ccn1)c1ccc(-c2cc(C(F)(F)F)ccc2CNC(=O)O)cc1. The molecule has 1 atom stereocenters. The number of alkyl halides is 3. The van der Waals surface area contributed by atoms with Gasteiger partial charge < -0.3 is 25.5 Å². The molecule has 3 aliphatic rings. The van der Waals surface area contributed by atoms with Crippen molar-refractivity contribution < 1.29 is 32.7 Å². The molecule has 9 nitrogen and oxygen atoms in total. The third-order valence-corrected chi connectivity index (χ3v) is 9.23. The number of carbonyl (C=O) groups excluding carboxylic acids is 2. The van der Waals surface area contributed by atoms with Gasteiger partial charge in [0.2, 0.25) is 5.91 Å². The summed E-state index contributed by atoms with van der Waals surface area (Å²) in [5, 5.41) is 14.1. The van der Waals surface area contributed by atoms with Crippen molar-refractivity contribution in [1.29, 1.82) is 0 Å². The minimum atomic E-state index is -4.55. The van der Waals surface area contributed by atoms with Crippen molar-refractivity contribution in [2.75, 3.05) is 31.1 Å². The number of anilines is 1. The Morgan fingerprint density at radius 2 is 1.78 bits per heavy atom. The van der Waals surface area contributed by atoms with Crippen molar-refractivity contribution in [2.24, 2.45) is 11.3 Å². The molecule has 2 aromatic carbocycles. The summed E-state index contributed by atoms with van der Waals surface area (Å²) in [4.78, 5) is 45.4. The van der Waals surface area contributed by atoms with E-state index in [1.807, 2.05) is 11.0 Å². The predicted molar refractivity (Wildman–Crippen MR) is 165 cm³/mol. The van der Waals surface area contributed by atoms with E-state index in [9.17, 15) is 27.6 Å². The Labute approximate surface area is 264 Å². The second-order valence-electron chi connectivity index (χ2n) is 12.7. The zero-order valence-corrected chi connectivity index (χ0v) is 25.4. The normalized spacial score (nSPS) is 18.1. The van der Waals surface area contributed by atoms with Crippen molar-refractivity contribution in [1.82, 2.24) is 20.5 Å². The van der Waals surface area contributed by atoms with Crippen LogP contribution >= 0.6 is 0 Å². The van der Waals surface area contributed by atoms with Gasteiger partial charge in [0.15, 0.2) is 0 Å². The second-order valence-corrected chi connectivity index (χ2v) is 12.7. The number of nitrogens with zero attached hydrogens (tertiary/aromatic N) is 3. The lowest BCUT2D eigenvalue weighted by atomic mass is 9.73. The first kappa shape index (κ1) is 31.4. The quantitative estimate of drug-likeness (QED) is 0.286. The van der Waals surface area contributed by atoms with Crippen LogP contribution in [0.2, 0.25) is 0 Å². The summed E-state index contributed by atoms with van der Waals surface area (Å²) in [5.74, 6) is 0.175. The number of benzene rings is 2. The standard InChI is InChI=1S/C34H36F3N5O4/c1-21(22-3-5-23(6-4-22)28-15-26(34(35,36)37)10-9-25(28)17-39-32(45)46)40-30(43)29-16-27(11-13-38-29)42-19-33(20-42)12-2-14-41(18-33)31(44)24-7-8-24/h3-6,9-11,13,15-16,21,24,39H,2,7-8,12,14,17-20H2,1H3,(H,40,43)(H,45,46)/t21-/m1/s1. The number of rotatable bonds is 8. The highest BCUT2D eigenvalue weighted by molar-refractivity contribution is 5.93. The number of carboxylic acid groups (broad SMARTS) is 1. The average Bonchev–Trinajstić information content (AvgIpc) is 3.88. The minimum absolute atomic E-state index is 0.0940. The maximum Gasteiger partial charge on any atom is 0.416 e. The fourth-order valence-corrected chi connectivity index (χ4v) is 6.58. The zero-order valence-electron chi connectivity index (χ0n) is 25.4. The number of carbonyl (C=O) groups is 3. The van der Waals surface area contributed by atoms with Crippen LogP contribution in [0.15, 0.2) is 60.8 Å². The first-order valence-electron chi connectivity index (χ1n) is 15.5. The van der Waals surface area contributed by atoms with E-state index in [1.54, 1.807) is 43.5 Å². The topological polar surface area (TPSA) is 115 Å². The van der Waals surface area contributed by atoms with Crippen molar-refractivity contribution in [2.45, 2.75) is 51.4 Å². The monoisotopic (exact) mass is 635 g/mol. The van der Waals surface area contributed by atoms with Gasteiger partial charge in [-0.25, -0.2) is 4.79 Å². The summed E-state index contributed by atoms with van der Waals surface area (Å²) >= 11 is 0. The number of halogens is 3. The van der Waals surface area contributed by atoms with E-state index in [1.165, 1.54) is 6.07 Å². The molecule has 1 aromatic heterocycles. The largest absolute Gasteiger partial charge is 0.465 e. The van der Waals surface area contributed by atoms with Gasteiger partial charge in [-0.15, -0.1) is 0 Å². The predicted octanol–water partition coefficient (Wildman–Crippen LogP) is 5.86. The summed E-state index contributed by atoms with van der Waals surface area (Å²) in [7, 11) is 0. The van der Waals surface area contributed by atoms with Gasteiger partial charge in [0, 0.05) is 55.9 Å². The summed E-state index contributed by atoms with van der Waals surface area (Å²) in [6.45, 7) is 4.95. The molecule has 3 amide bonds. The number of nitrogens with one attached hydrogen (secondary N) is 2. The van der Waals surface area contributed by atoms with Crippen molar-refractivity contribution in [3.05, 3.63) is 83.2 Å². The Hall–Kier alpha value is -4.61. The Morgan fingerprint density at radius 1 is 1.04 bits per heavy atom. The van der Waals surface area contributed by atoms with Crippen LogP contribution in [0.1, 0.15) is 65.8 Å². The number of amides is 3. The molecule has 6 rings (SSSR count). The number of likely N-dealkylation sites (tertiary alicyclic amines) is 1. The smallest absolute Gasteiger partial charge is 0.416 e. The van der Waals surface area contributed by atoms with Crippen molar-refractivity contribution in [3.8, 4) is 11.1 Å². The van der Waals surface area contributed by atoms with E-state index in [0.29, 0.717) is 17.0 Å². The highest BCUT2D eigenvalue weighted by atomic mass is 19.4. The molecule has 0 radical (unpaired) electrons. The van der Waals surface area contributed by atoms with Gasteiger partial charge in [-0.3, -0.25) is 14.6 Å². The third kappa shape index (κ3) is 6.80. The van der Waals surface area contributed by atoms with Crippen LogP contribution in [0.4, 0.5) is 23.7 Å². The zero-order chi connectivity index (χ0) is 32.6. The van der Waals surface area contributed by atoms with Crippen LogP contribution in [-0.4, -0.2) is 59.1 Å². The maximum absolute atomic E-state index is 13.4. The van der Waals surface area contributed by atoms with E-state index < -0.39 is 23.9 Å². The molecule has 3 aromatic rings. The molecule has 2 saturated heterocycles. The van der Waals surface area contributed by atoms with E-state index >= 15 is 0 Å². The first-order valence-corrected chi connectivity index (χ1v) is 15.5. The average molecular weight is 636 g/mol. The number of aromatic nitrogens is 1. The first-order chi connectivity index (χ1) is 21.9. The van der Waals surface area contributed by atoms with Crippen molar-refractivity contribution >= 4 is 23.6 Å². The van der Waals surface area contributed by atoms with Crippen LogP contribution in [0, 0.1) is 11.3 Å². The molecule has 1 saturated carbocycles. The van der Waals surface area contributed by atoms with Gasteiger partial charge in [0.05, 0.1) is 11.6 Å². The van der Waals surface area contributed by atoms with Gasteiger partial charge >= 0.3 is 12.3 Å². The summed E-state index contributed by atoms with van der Waals surface area (Å²) < 4.78 is 40.3. The van der Waals surface area contributed by atoms with Gasteiger partial charge in [-0.2, -0.15) is 13.2 Å². The molecule has 0 unspecified atom stereocenters. The number of hydrogen-bond donors (Lipinski definition) is 3. The molecule has 0 bridgehead atoms. The highest BCUT2D eigenvalue weighted by Crippen LogP contribution is 2.43. The summed E-state index contributed by atoms with van der Waals surface area (Å²) in [6.07, 6.45) is -0.105. The molecular formula is C34H36F3N5O4. The summed E-state index contributed by atoms with van der Waals surface area (Å²) in [5.41, 5.74) is 2.31. The highest BCUT2D eigenvalue weighted by Gasteiger charge is 2.48. The summed E-state index contributed by atoms with van der Waals surface area (Å²) in [6, 6.07) is 13.2. The molecule has 242 valence electrons. The number of piperidine rings is 1. The van der Waals surface area contributed by atoms with Crippen molar-refractivity contribution in [3.63, 3.8) is 0 Å². The van der Waals surface area contributed by atoms with E-state index in [4.69, 9.17) is 5.11 Å². The van der Waals surface area contributed by atoms with Crippen LogP contribution < -0.4 is 15.5 Å².